The average molecular weight is 427 g/mol. The van der Waals surface area contributed by atoms with Crippen molar-refractivity contribution in [2.75, 3.05) is 0 Å². The minimum absolute atomic E-state index is 0.248. The summed E-state index contributed by atoms with van der Waals surface area (Å²) in [5.41, 5.74) is 1.03. The van der Waals surface area contributed by atoms with Gasteiger partial charge in [0, 0.05) is 23.5 Å². The topological polar surface area (TPSA) is 71.4 Å². The first-order chi connectivity index (χ1) is 15.3. The van der Waals surface area contributed by atoms with E-state index in [1.54, 1.807) is 48.5 Å². The third-order valence-corrected chi connectivity index (χ3v) is 6.41. The molecule has 0 radical (unpaired) electrons. The highest BCUT2D eigenvalue weighted by molar-refractivity contribution is 6.13. The Morgan fingerprint density at radius 1 is 0.812 bits per heavy atom. The summed E-state index contributed by atoms with van der Waals surface area (Å²) in [6, 6.07) is 24.9. The number of aliphatic hydroxyl groups is 1. The first-order valence-corrected chi connectivity index (χ1v) is 10.8. The zero-order chi connectivity index (χ0) is 22.9. The molecule has 162 valence electrons. The molecule has 1 N–H and O–H groups in total. The molecule has 1 aliphatic rings. The molecule has 0 unspecified atom stereocenters. The Labute approximate surface area is 187 Å². The summed E-state index contributed by atoms with van der Waals surface area (Å²) >= 11 is 0. The van der Waals surface area contributed by atoms with Gasteiger partial charge in [0.25, 0.3) is 0 Å². The van der Waals surface area contributed by atoms with Crippen molar-refractivity contribution in [3.05, 3.63) is 107 Å². The van der Waals surface area contributed by atoms with Gasteiger partial charge in [-0.05, 0) is 19.4 Å². The normalized spacial score (nSPS) is 25.3. The summed E-state index contributed by atoms with van der Waals surface area (Å²) in [5.74, 6) is -3.68. The van der Waals surface area contributed by atoms with Crippen LogP contribution in [0.3, 0.4) is 0 Å². The minimum atomic E-state index is -1.58. The van der Waals surface area contributed by atoms with Gasteiger partial charge in [-0.3, -0.25) is 14.4 Å². The molecule has 3 aromatic rings. The van der Waals surface area contributed by atoms with Gasteiger partial charge in [-0.1, -0.05) is 90.5 Å². The van der Waals surface area contributed by atoms with E-state index in [0.29, 0.717) is 16.7 Å². The quantitative estimate of drug-likeness (QED) is 0.470. The van der Waals surface area contributed by atoms with E-state index in [0.717, 1.165) is 5.56 Å². The lowest BCUT2D eigenvalue weighted by Gasteiger charge is -2.45. The minimum Gasteiger partial charge on any atom is -0.389 e. The lowest BCUT2D eigenvalue weighted by atomic mass is 9.58. The van der Waals surface area contributed by atoms with E-state index in [9.17, 15) is 19.5 Å². The predicted octanol–water partition coefficient (Wildman–Crippen LogP) is 4.80. The van der Waals surface area contributed by atoms with Gasteiger partial charge in [-0.2, -0.15) is 0 Å². The van der Waals surface area contributed by atoms with E-state index in [4.69, 9.17) is 0 Å². The molecule has 1 saturated carbocycles. The Balaban J connectivity index is 1.89. The average Bonchev–Trinajstić information content (AvgIpc) is 2.79. The molecule has 0 saturated heterocycles. The Morgan fingerprint density at radius 3 is 1.84 bits per heavy atom. The maximum atomic E-state index is 13.7. The van der Waals surface area contributed by atoms with E-state index < -0.39 is 23.4 Å². The molecule has 1 aliphatic carbocycles. The van der Waals surface area contributed by atoms with E-state index in [1.165, 1.54) is 6.92 Å². The van der Waals surface area contributed by atoms with E-state index in [1.807, 2.05) is 43.3 Å². The van der Waals surface area contributed by atoms with E-state index in [2.05, 4.69) is 0 Å². The summed E-state index contributed by atoms with van der Waals surface area (Å²) in [5, 5.41) is 11.3. The van der Waals surface area contributed by atoms with Crippen LogP contribution in [-0.4, -0.2) is 28.1 Å². The third-order valence-electron chi connectivity index (χ3n) is 6.41. The van der Waals surface area contributed by atoms with E-state index in [-0.39, 0.29) is 23.8 Å². The molecule has 4 rings (SSSR count). The van der Waals surface area contributed by atoms with Crippen LogP contribution in [0.5, 0.6) is 0 Å². The van der Waals surface area contributed by atoms with Gasteiger partial charge in [0.15, 0.2) is 11.6 Å². The monoisotopic (exact) mass is 426 g/mol. The molecular formula is C28H26O4. The number of ketones is 3. The van der Waals surface area contributed by atoms with Crippen molar-refractivity contribution < 1.29 is 19.5 Å². The number of Topliss-reactive ketones (excluding diaryl/α,β-unsaturated/α-hetero) is 3. The molecule has 32 heavy (non-hydrogen) atoms. The van der Waals surface area contributed by atoms with Crippen molar-refractivity contribution in [2.24, 2.45) is 11.8 Å². The Kier molecular flexibility index (Phi) is 5.90. The molecule has 4 atom stereocenters. The number of carbonyl (C=O) groups is 3. The van der Waals surface area contributed by atoms with Gasteiger partial charge >= 0.3 is 0 Å². The lowest BCUT2D eigenvalue weighted by Crippen LogP contribution is -2.54. The maximum absolute atomic E-state index is 13.7. The molecule has 4 nitrogen and oxygen atoms in total. The van der Waals surface area contributed by atoms with Gasteiger partial charge in [0.1, 0.15) is 5.78 Å². The number of hydrogen-bond donors (Lipinski definition) is 1. The van der Waals surface area contributed by atoms with Crippen LogP contribution < -0.4 is 0 Å². The molecule has 1 fully saturated rings. The van der Waals surface area contributed by atoms with Crippen LogP contribution in [0, 0.1) is 18.8 Å². The van der Waals surface area contributed by atoms with Crippen molar-refractivity contribution >= 4 is 17.3 Å². The van der Waals surface area contributed by atoms with Crippen molar-refractivity contribution in [3.63, 3.8) is 0 Å². The standard InChI is InChI=1S/C28H26O4/c1-18-13-15-19(16-14-18)23-24(26(30)20-9-5-3-6-10-20)22(29)17-28(2,32)25(23)27(31)21-11-7-4-8-12-21/h3-16,23-25,32H,17H2,1-2H3/t23-,24+,25-,28+/m0/s1. The smallest absolute Gasteiger partial charge is 0.173 e. The Morgan fingerprint density at radius 2 is 1.31 bits per heavy atom. The second-order valence-electron chi connectivity index (χ2n) is 8.85. The van der Waals surface area contributed by atoms with Gasteiger partial charge < -0.3 is 5.11 Å². The summed E-state index contributed by atoms with van der Waals surface area (Å²) in [6.07, 6.45) is -0.248. The molecule has 0 spiro atoms. The summed E-state index contributed by atoms with van der Waals surface area (Å²) in [4.78, 5) is 40.5. The summed E-state index contributed by atoms with van der Waals surface area (Å²) < 4.78 is 0. The van der Waals surface area contributed by atoms with Gasteiger partial charge in [0.05, 0.1) is 17.4 Å². The molecular weight excluding hydrogens is 400 g/mol. The van der Waals surface area contributed by atoms with Crippen LogP contribution in [0.2, 0.25) is 0 Å². The molecule has 0 heterocycles. The Hall–Kier alpha value is -3.37. The fraction of sp³-hybridized carbons (Fsp3) is 0.250. The zero-order valence-corrected chi connectivity index (χ0v) is 18.2. The highest BCUT2D eigenvalue weighted by Gasteiger charge is 2.55. The fourth-order valence-electron chi connectivity index (χ4n) is 4.84. The van der Waals surface area contributed by atoms with Crippen molar-refractivity contribution in [2.45, 2.75) is 31.8 Å². The molecule has 4 heteroatoms. The summed E-state index contributed by atoms with van der Waals surface area (Å²) in [6.45, 7) is 3.48. The largest absolute Gasteiger partial charge is 0.389 e. The number of benzene rings is 3. The highest BCUT2D eigenvalue weighted by Crippen LogP contribution is 2.48. The number of carbonyl (C=O) groups excluding carboxylic acids is 3. The molecule has 3 aromatic carbocycles. The van der Waals surface area contributed by atoms with E-state index >= 15 is 0 Å². The summed E-state index contributed by atoms with van der Waals surface area (Å²) in [7, 11) is 0. The second-order valence-corrected chi connectivity index (χ2v) is 8.85. The van der Waals surface area contributed by atoms with Crippen LogP contribution in [0.25, 0.3) is 0 Å². The van der Waals surface area contributed by atoms with Crippen LogP contribution in [0.15, 0.2) is 84.9 Å². The molecule has 0 amide bonds. The van der Waals surface area contributed by atoms with Crippen molar-refractivity contribution in [1.82, 2.24) is 0 Å². The maximum Gasteiger partial charge on any atom is 0.173 e. The van der Waals surface area contributed by atoms with Crippen LogP contribution in [0.1, 0.15) is 51.1 Å². The predicted molar refractivity (Wildman–Crippen MR) is 123 cm³/mol. The number of rotatable bonds is 5. The molecule has 0 aliphatic heterocycles. The SMILES string of the molecule is Cc1ccc([C@H]2[C@H](C(=O)c3ccccc3)C(=O)C[C@@](C)(O)[C@@H]2C(=O)c2ccccc2)cc1. The van der Waals surface area contributed by atoms with Crippen LogP contribution in [0.4, 0.5) is 0 Å². The molecule has 0 bridgehead atoms. The number of aryl methyl sites for hydroxylation is 1. The van der Waals surface area contributed by atoms with Gasteiger partial charge in [-0.15, -0.1) is 0 Å². The third kappa shape index (κ3) is 4.06. The Bertz CT molecular complexity index is 1130. The first kappa shape index (κ1) is 21.8. The number of hydrogen-bond acceptors (Lipinski definition) is 4. The lowest BCUT2D eigenvalue weighted by molar-refractivity contribution is -0.134. The molecule has 0 aromatic heterocycles. The second kappa shape index (κ2) is 8.64. The highest BCUT2D eigenvalue weighted by atomic mass is 16.3. The fourth-order valence-corrected chi connectivity index (χ4v) is 4.84. The zero-order valence-electron chi connectivity index (χ0n) is 18.2. The van der Waals surface area contributed by atoms with Gasteiger partial charge in [0.2, 0.25) is 0 Å². The van der Waals surface area contributed by atoms with Crippen molar-refractivity contribution in [3.8, 4) is 0 Å². The first-order valence-electron chi connectivity index (χ1n) is 10.8. The van der Waals surface area contributed by atoms with Crippen LogP contribution in [-0.2, 0) is 4.79 Å². The van der Waals surface area contributed by atoms with Crippen LogP contribution >= 0.6 is 0 Å². The van der Waals surface area contributed by atoms with Gasteiger partial charge in [-0.25, -0.2) is 0 Å². The van der Waals surface area contributed by atoms with Crippen molar-refractivity contribution in [1.29, 1.82) is 0 Å².